The number of hydrogen-bond donors (Lipinski definition) is 1. The van der Waals surface area contributed by atoms with Crippen LogP contribution in [-0.4, -0.2) is 47.2 Å². The summed E-state index contributed by atoms with van der Waals surface area (Å²) >= 11 is 0. The number of carbonyl (C=O) groups is 2. The van der Waals surface area contributed by atoms with Crippen LogP contribution < -0.4 is 0 Å². The van der Waals surface area contributed by atoms with Gasteiger partial charge in [-0.25, -0.2) is 0 Å². The molecule has 0 bridgehead atoms. The molecule has 0 aromatic rings. The summed E-state index contributed by atoms with van der Waals surface area (Å²) in [6.07, 6.45) is -3.67. The highest BCUT2D eigenvalue weighted by molar-refractivity contribution is 5.67. The van der Waals surface area contributed by atoms with E-state index in [2.05, 4.69) is 13.5 Å². The van der Waals surface area contributed by atoms with Gasteiger partial charge in [0.1, 0.15) is 12.2 Å². The number of rotatable bonds is 5. The molecule has 0 spiro atoms. The number of halogens is 6. The Morgan fingerprint density at radius 1 is 1.14 bits per heavy atom. The van der Waals surface area contributed by atoms with Crippen molar-refractivity contribution in [1.29, 1.82) is 0 Å². The van der Waals surface area contributed by atoms with Crippen LogP contribution in [0.1, 0.15) is 72.6 Å². The van der Waals surface area contributed by atoms with Crippen LogP contribution in [-0.2, 0) is 19.1 Å². The summed E-state index contributed by atoms with van der Waals surface area (Å²) in [6, 6.07) is 0. The van der Waals surface area contributed by atoms with E-state index in [1.165, 1.54) is 13.8 Å². The summed E-state index contributed by atoms with van der Waals surface area (Å²) in [4.78, 5) is 23.2. The third kappa shape index (κ3) is 6.96. The molecular formula is C31H36F6O5. The third-order valence-corrected chi connectivity index (χ3v) is 8.51. The van der Waals surface area contributed by atoms with Crippen LogP contribution in [0.15, 0.2) is 47.1 Å². The number of alkyl halides is 6. The minimum Gasteiger partial charge on any atom is -0.462 e. The molecule has 1 N–H and O–H groups in total. The Labute approximate surface area is 241 Å². The Balaban J connectivity index is 1.81. The molecule has 3 aliphatic carbocycles. The first-order chi connectivity index (χ1) is 19.3. The number of hydrogen-bond acceptors (Lipinski definition) is 5. The monoisotopic (exact) mass is 602 g/mol. The normalized spacial score (nSPS) is 29.4. The van der Waals surface area contributed by atoms with Crippen LogP contribution in [0.3, 0.4) is 0 Å². The number of allylic oxidation sites excluding steroid dienone is 5. The molecule has 3 aliphatic rings. The minimum absolute atomic E-state index is 0.0705. The van der Waals surface area contributed by atoms with E-state index in [0.29, 0.717) is 24.8 Å². The number of fused-ring (bicyclic) bond motifs is 1. The Morgan fingerprint density at radius 2 is 1.76 bits per heavy atom. The van der Waals surface area contributed by atoms with E-state index in [1.54, 1.807) is 6.92 Å². The molecule has 0 radical (unpaired) electrons. The second-order valence-corrected chi connectivity index (χ2v) is 11.6. The van der Waals surface area contributed by atoms with Gasteiger partial charge in [-0.15, -0.1) is 0 Å². The fourth-order valence-corrected chi connectivity index (χ4v) is 6.43. The van der Waals surface area contributed by atoms with Crippen molar-refractivity contribution >= 4 is 11.9 Å². The van der Waals surface area contributed by atoms with E-state index in [1.807, 2.05) is 24.1 Å². The van der Waals surface area contributed by atoms with Crippen molar-refractivity contribution in [2.75, 3.05) is 0 Å². The summed E-state index contributed by atoms with van der Waals surface area (Å²) in [5.41, 5.74) is -1.98. The molecule has 0 aliphatic heterocycles. The van der Waals surface area contributed by atoms with Gasteiger partial charge in [0, 0.05) is 33.1 Å². The molecule has 5 atom stereocenters. The first-order valence-electron chi connectivity index (χ1n) is 13.8. The Kier molecular flexibility index (Phi) is 9.82. The van der Waals surface area contributed by atoms with Crippen LogP contribution in [0.4, 0.5) is 26.3 Å². The molecule has 0 amide bonds. The van der Waals surface area contributed by atoms with Gasteiger partial charge < -0.3 is 14.6 Å². The van der Waals surface area contributed by atoms with E-state index in [9.17, 15) is 41.0 Å². The van der Waals surface area contributed by atoms with Crippen LogP contribution in [0.25, 0.3) is 0 Å². The van der Waals surface area contributed by atoms with Crippen molar-refractivity contribution in [2.45, 2.75) is 103 Å². The van der Waals surface area contributed by atoms with Gasteiger partial charge in [-0.05, 0) is 60.0 Å². The predicted octanol–water partition coefficient (Wildman–Crippen LogP) is 7.07. The van der Waals surface area contributed by atoms with Crippen molar-refractivity contribution in [3.8, 4) is 11.8 Å². The molecule has 42 heavy (non-hydrogen) atoms. The lowest BCUT2D eigenvalue weighted by Crippen LogP contribution is -2.55. The quantitative estimate of drug-likeness (QED) is 0.158. The topological polar surface area (TPSA) is 72.8 Å². The first-order valence-corrected chi connectivity index (χ1v) is 13.8. The standard InChI is InChI=1S/C31H36F6O5/c1-18(8-6-15-29(40,30(32,33)34)31(35,36)37)25-12-13-26-22(9-7-14-28(25,26)5)10-11-23-16-24(41-20(3)38)17-27(19(23)2)42-21(4)39/h10-12,18,24,26-27,40H,2,7-9,13-14,16-17H2,1,3-5H3/b22-10+,23-11-/t18-,24-,26+,27+,28-/m1/s1. The zero-order chi connectivity index (χ0) is 31.7. The van der Waals surface area contributed by atoms with Crippen LogP contribution >= 0.6 is 0 Å². The van der Waals surface area contributed by atoms with Gasteiger partial charge >= 0.3 is 29.9 Å². The van der Waals surface area contributed by atoms with E-state index >= 15 is 0 Å². The molecule has 0 aromatic carbocycles. The zero-order valence-electron chi connectivity index (χ0n) is 24.0. The largest absolute Gasteiger partial charge is 0.462 e. The van der Waals surface area contributed by atoms with Gasteiger partial charge in [0.05, 0.1) is 0 Å². The fraction of sp³-hybridized carbons (Fsp3) is 0.613. The number of esters is 2. The fourth-order valence-electron chi connectivity index (χ4n) is 6.43. The van der Waals surface area contributed by atoms with E-state index in [0.717, 1.165) is 41.9 Å². The second-order valence-electron chi connectivity index (χ2n) is 11.6. The van der Waals surface area contributed by atoms with Crippen LogP contribution in [0.5, 0.6) is 0 Å². The maximum Gasteiger partial charge on any atom is 0.438 e. The van der Waals surface area contributed by atoms with E-state index < -0.39 is 48.0 Å². The van der Waals surface area contributed by atoms with Crippen molar-refractivity contribution < 1.29 is 50.5 Å². The lowest BCUT2D eigenvalue weighted by molar-refractivity contribution is -0.343. The highest BCUT2D eigenvalue weighted by Gasteiger charge is 2.70. The maximum absolute atomic E-state index is 13.0. The Morgan fingerprint density at radius 3 is 2.33 bits per heavy atom. The van der Waals surface area contributed by atoms with Gasteiger partial charge in [0.2, 0.25) is 0 Å². The zero-order valence-corrected chi connectivity index (χ0v) is 24.0. The van der Waals surface area contributed by atoms with Gasteiger partial charge in [-0.2, -0.15) is 26.3 Å². The molecule has 232 valence electrons. The van der Waals surface area contributed by atoms with Crippen molar-refractivity contribution in [3.05, 3.63) is 47.1 Å². The maximum atomic E-state index is 13.0. The third-order valence-electron chi connectivity index (χ3n) is 8.51. The van der Waals surface area contributed by atoms with E-state index in [4.69, 9.17) is 9.47 Å². The lowest BCUT2D eigenvalue weighted by Gasteiger charge is -2.42. The number of ether oxygens (including phenoxy) is 2. The van der Waals surface area contributed by atoms with E-state index in [-0.39, 0.29) is 17.8 Å². The molecule has 0 heterocycles. The Hall–Kier alpha value is -3.00. The predicted molar refractivity (Wildman–Crippen MR) is 142 cm³/mol. The molecule has 5 nitrogen and oxygen atoms in total. The van der Waals surface area contributed by atoms with Crippen molar-refractivity contribution in [2.24, 2.45) is 17.3 Å². The van der Waals surface area contributed by atoms with Crippen LogP contribution in [0.2, 0.25) is 0 Å². The molecular weight excluding hydrogens is 566 g/mol. The summed E-state index contributed by atoms with van der Waals surface area (Å²) in [6.45, 7) is 10.5. The molecule has 3 rings (SSSR count). The molecule has 0 saturated heterocycles. The van der Waals surface area contributed by atoms with Crippen molar-refractivity contribution in [3.63, 3.8) is 0 Å². The first kappa shape index (κ1) is 33.5. The molecule has 2 saturated carbocycles. The average Bonchev–Trinajstić information content (AvgIpc) is 3.20. The highest BCUT2D eigenvalue weighted by atomic mass is 19.4. The SMILES string of the molecule is C=C1/C(=C\C=C2/CCC[C@]3(C)C([C@H](C)CC#CC(O)(C(F)(F)F)C(F)(F)F)=CC[C@@H]23)C[C@@H](OC(C)=O)C[C@@H]1OC(C)=O. The average molecular weight is 603 g/mol. The van der Waals surface area contributed by atoms with Gasteiger partial charge in [-0.3, -0.25) is 9.59 Å². The lowest BCUT2D eigenvalue weighted by atomic mass is 9.62. The molecule has 0 unspecified atom stereocenters. The van der Waals surface area contributed by atoms with Crippen molar-refractivity contribution in [1.82, 2.24) is 0 Å². The number of aliphatic hydroxyl groups is 1. The van der Waals surface area contributed by atoms with Crippen LogP contribution in [0, 0.1) is 29.1 Å². The van der Waals surface area contributed by atoms with Gasteiger partial charge in [0.25, 0.3) is 0 Å². The summed E-state index contributed by atoms with van der Waals surface area (Å²) in [5, 5.41) is 9.33. The van der Waals surface area contributed by atoms with Gasteiger partial charge in [-0.1, -0.05) is 55.7 Å². The second kappa shape index (κ2) is 12.3. The molecule has 11 heteroatoms. The molecule has 2 fully saturated rings. The number of carbonyl (C=O) groups excluding carboxylic acids is 2. The Bertz CT molecular complexity index is 1230. The minimum atomic E-state index is -5.98. The summed E-state index contributed by atoms with van der Waals surface area (Å²) in [5.74, 6) is 1.74. The summed E-state index contributed by atoms with van der Waals surface area (Å²) < 4.78 is 88.8. The summed E-state index contributed by atoms with van der Waals surface area (Å²) in [7, 11) is 0. The molecule has 0 aromatic heterocycles. The smallest absolute Gasteiger partial charge is 0.438 e. The highest BCUT2D eigenvalue weighted by Crippen LogP contribution is 2.57. The van der Waals surface area contributed by atoms with Gasteiger partial charge in [0.15, 0.2) is 0 Å².